The third kappa shape index (κ3) is 4.65. The van der Waals surface area contributed by atoms with Gasteiger partial charge in [-0.25, -0.2) is 8.42 Å². The maximum Gasteiger partial charge on any atom is 0.173 e. The van der Waals surface area contributed by atoms with Crippen LogP contribution in [0.15, 0.2) is 24.3 Å². The highest BCUT2D eigenvalue weighted by atomic mass is 35.5. The number of ketones is 1. The molecular weight excluding hydrogens is 260 g/mol. The summed E-state index contributed by atoms with van der Waals surface area (Å²) in [6, 6.07) is 5.99. The van der Waals surface area contributed by atoms with E-state index in [0.717, 1.165) is 0 Å². The van der Waals surface area contributed by atoms with Crippen molar-refractivity contribution in [2.45, 2.75) is 0 Å². The van der Waals surface area contributed by atoms with Crippen molar-refractivity contribution in [3.8, 4) is 0 Å². The number of halogens is 1. The SMILES string of the molecule is O=C(CSS(=O)(=O)[O-])c1ccc(Cl)cc1. The van der Waals surface area contributed by atoms with E-state index in [1.54, 1.807) is 0 Å². The Kier molecular flexibility index (Phi) is 4.15. The summed E-state index contributed by atoms with van der Waals surface area (Å²) in [5.74, 6) is -0.802. The Morgan fingerprint density at radius 2 is 1.87 bits per heavy atom. The average molecular weight is 266 g/mol. The summed E-state index contributed by atoms with van der Waals surface area (Å²) < 4.78 is 30.8. The summed E-state index contributed by atoms with van der Waals surface area (Å²) in [6.45, 7) is 0. The van der Waals surface area contributed by atoms with Gasteiger partial charge < -0.3 is 4.55 Å². The molecule has 0 saturated carbocycles. The van der Waals surface area contributed by atoms with Crippen LogP contribution in [0.2, 0.25) is 5.02 Å². The van der Waals surface area contributed by atoms with E-state index in [-0.39, 0.29) is 16.5 Å². The van der Waals surface area contributed by atoms with Crippen LogP contribution in [-0.4, -0.2) is 24.5 Å². The molecule has 0 radical (unpaired) electrons. The number of rotatable bonds is 4. The van der Waals surface area contributed by atoms with E-state index in [9.17, 15) is 17.8 Å². The van der Waals surface area contributed by atoms with Crippen molar-refractivity contribution in [3.05, 3.63) is 34.9 Å². The molecule has 1 aromatic carbocycles. The Morgan fingerprint density at radius 3 is 2.33 bits per heavy atom. The number of hydrogen-bond donors (Lipinski definition) is 0. The fourth-order valence-electron chi connectivity index (χ4n) is 0.845. The Hall–Kier alpha value is -0.560. The molecule has 1 aromatic rings. The van der Waals surface area contributed by atoms with Crippen molar-refractivity contribution >= 4 is 37.3 Å². The fourth-order valence-corrected chi connectivity index (χ4v) is 2.14. The molecular formula is C8H6ClO4S2-. The molecule has 0 aliphatic carbocycles. The minimum atomic E-state index is -4.42. The van der Waals surface area contributed by atoms with E-state index >= 15 is 0 Å². The van der Waals surface area contributed by atoms with Crippen LogP contribution in [0, 0.1) is 0 Å². The summed E-state index contributed by atoms with van der Waals surface area (Å²) >= 11 is 5.60. The molecule has 0 saturated heterocycles. The summed E-state index contributed by atoms with van der Waals surface area (Å²) in [5.41, 5.74) is 0.329. The zero-order valence-corrected chi connectivity index (χ0v) is 9.73. The van der Waals surface area contributed by atoms with Gasteiger partial charge in [0.1, 0.15) is 9.15 Å². The first-order valence-corrected chi connectivity index (χ1v) is 7.06. The average Bonchev–Trinajstić information content (AvgIpc) is 2.14. The highest BCUT2D eigenvalue weighted by Crippen LogP contribution is 2.14. The summed E-state index contributed by atoms with van der Waals surface area (Å²) in [5, 5.41) is 0.482. The molecule has 0 aliphatic heterocycles. The van der Waals surface area contributed by atoms with Crippen molar-refractivity contribution in [2.75, 3.05) is 5.75 Å². The molecule has 0 amide bonds. The van der Waals surface area contributed by atoms with Gasteiger partial charge in [-0.3, -0.25) is 4.79 Å². The van der Waals surface area contributed by atoms with Crippen molar-refractivity contribution in [1.29, 1.82) is 0 Å². The molecule has 0 heterocycles. The van der Waals surface area contributed by atoms with Gasteiger partial charge in [0.05, 0.1) is 5.75 Å². The molecule has 15 heavy (non-hydrogen) atoms. The third-order valence-corrected chi connectivity index (χ3v) is 3.64. The monoisotopic (exact) mass is 265 g/mol. The summed E-state index contributed by atoms with van der Waals surface area (Å²) in [7, 11) is -4.34. The van der Waals surface area contributed by atoms with Crippen LogP contribution < -0.4 is 0 Å². The molecule has 82 valence electrons. The number of Topliss-reactive ketones (excluding diaryl/α,β-unsaturated/α-hetero) is 1. The molecule has 0 aromatic heterocycles. The van der Waals surface area contributed by atoms with Crippen LogP contribution in [0.1, 0.15) is 10.4 Å². The van der Waals surface area contributed by atoms with Crippen molar-refractivity contribution < 1.29 is 17.8 Å². The molecule has 0 bridgehead atoms. The lowest BCUT2D eigenvalue weighted by Crippen LogP contribution is -2.04. The molecule has 0 fully saturated rings. The third-order valence-electron chi connectivity index (χ3n) is 1.50. The van der Waals surface area contributed by atoms with Crippen LogP contribution in [0.4, 0.5) is 0 Å². The topological polar surface area (TPSA) is 74.3 Å². The second-order valence-electron chi connectivity index (χ2n) is 2.60. The maximum atomic E-state index is 11.3. The predicted octanol–water partition coefficient (Wildman–Crippen LogP) is 1.72. The van der Waals surface area contributed by atoms with E-state index in [4.69, 9.17) is 11.6 Å². The van der Waals surface area contributed by atoms with Gasteiger partial charge in [-0.1, -0.05) is 11.6 Å². The summed E-state index contributed by atoms with van der Waals surface area (Å²) in [4.78, 5) is 11.3. The van der Waals surface area contributed by atoms with Gasteiger partial charge in [0.15, 0.2) is 5.78 Å². The number of carbonyl (C=O) groups excluding carboxylic acids is 1. The first kappa shape index (κ1) is 12.5. The molecule has 0 N–H and O–H groups in total. The smallest absolute Gasteiger partial charge is 0.173 e. The van der Waals surface area contributed by atoms with Gasteiger partial charge in [0.2, 0.25) is 0 Å². The molecule has 0 unspecified atom stereocenters. The van der Waals surface area contributed by atoms with Crippen molar-refractivity contribution in [2.24, 2.45) is 0 Å². The maximum absolute atomic E-state index is 11.3. The van der Waals surface area contributed by atoms with Crippen LogP contribution in [0.3, 0.4) is 0 Å². The van der Waals surface area contributed by atoms with E-state index in [1.807, 2.05) is 0 Å². The molecule has 7 heteroatoms. The largest absolute Gasteiger partial charge is 0.739 e. The molecule has 0 aliphatic rings. The van der Waals surface area contributed by atoms with Crippen molar-refractivity contribution in [1.82, 2.24) is 0 Å². The normalized spacial score (nSPS) is 11.3. The second kappa shape index (κ2) is 4.98. The van der Waals surface area contributed by atoms with Gasteiger partial charge in [0, 0.05) is 10.6 Å². The van der Waals surface area contributed by atoms with E-state index < -0.39 is 14.9 Å². The second-order valence-corrected chi connectivity index (χ2v) is 6.31. The number of benzene rings is 1. The number of carbonyl (C=O) groups is 1. The Morgan fingerprint density at radius 1 is 1.33 bits per heavy atom. The predicted molar refractivity (Wildman–Crippen MR) is 57.9 cm³/mol. The van der Waals surface area contributed by atoms with Crippen LogP contribution in [0.25, 0.3) is 0 Å². The van der Waals surface area contributed by atoms with Crippen LogP contribution >= 0.6 is 22.4 Å². The first-order chi connectivity index (χ1) is 6.88. The van der Waals surface area contributed by atoms with E-state index in [2.05, 4.69) is 0 Å². The lowest BCUT2D eigenvalue weighted by molar-refractivity contribution is 0.102. The molecule has 0 spiro atoms. The molecule has 1 rings (SSSR count). The lowest BCUT2D eigenvalue weighted by Gasteiger charge is -2.04. The lowest BCUT2D eigenvalue weighted by atomic mass is 10.1. The highest BCUT2D eigenvalue weighted by Gasteiger charge is 2.07. The van der Waals surface area contributed by atoms with Crippen molar-refractivity contribution in [3.63, 3.8) is 0 Å². The molecule has 0 atom stereocenters. The quantitative estimate of drug-likeness (QED) is 0.471. The van der Waals surface area contributed by atoms with E-state index in [1.165, 1.54) is 24.3 Å². The highest BCUT2D eigenvalue weighted by molar-refractivity contribution is 8.70. The summed E-state index contributed by atoms with van der Waals surface area (Å²) in [6.07, 6.45) is 0. The van der Waals surface area contributed by atoms with Gasteiger partial charge >= 0.3 is 0 Å². The van der Waals surface area contributed by atoms with Gasteiger partial charge in [-0.05, 0) is 35.1 Å². The fraction of sp³-hybridized carbons (Fsp3) is 0.125. The zero-order valence-electron chi connectivity index (χ0n) is 7.34. The first-order valence-electron chi connectivity index (χ1n) is 3.77. The van der Waals surface area contributed by atoms with Gasteiger partial charge in [-0.2, -0.15) is 0 Å². The number of hydrogen-bond acceptors (Lipinski definition) is 5. The minimum Gasteiger partial charge on any atom is -0.739 e. The zero-order chi connectivity index (χ0) is 11.5. The minimum absolute atomic E-state index is 0.0748. The Bertz CT molecular complexity index is 452. The van der Waals surface area contributed by atoms with E-state index in [0.29, 0.717) is 10.6 Å². The molecule has 4 nitrogen and oxygen atoms in total. The standard InChI is InChI=1S/C8H7ClO4S2/c9-7-3-1-6(2-4-7)8(10)5-14-15(11,12)13/h1-4H,5H2,(H,11,12,13)/p-1. The van der Waals surface area contributed by atoms with Gasteiger partial charge in [-0.15, -0.1) is 0 Å². The van der Waals surface area contributed by atoms with Crippen LogP contribution in [0.5, 0.6) is 0 Å². The Labute approximate surface area is 95.8 Å². The Balaban J connectivity index is 2.66. The van der Waals surface area contributed by atoms with Gasteiger partial charge in [0.25, 0.3) is 0 Å². The van der Waals surface area contributed by atoms with Crippen LogP contribution in [-0.2, 0) is 9.15 Å².